The van der Waals surface area contributed by atoms with E-state index in [0.717, 1.165) is 22.4 Å². The Kier molecular flexibility index (Phi) is 4.69. The molecule has 0 N–H and O–H groups in total. The van der Waals surface area contributed by atoms with Crippen LogP contribution in [0.1, 0.15) is 37.7 Å². The lowest BCUT2D eigenvalue weighted by molar-refractivity contribution is 0.578. The van der Waals surface area contributed by atoms with Gasteiger partial charge in [-0.3, -0.25) is 4.98 Å². The van der Waals surface area contributed by atoms with Gasteiger partial charge in [0.2, 0.25) is 0 Å². The number of aromatic nitrogens is 1. The Balaban J connectivity index is 1.59. The van der Waals surface area contributed by atoms with E-state index in [1.165, 1.54) is 48.0 Å². The van der Waals surface area contributed by atoms with Crippen LogP contribution in [-0.4, -0.2) is 4.98 Å². The van der Waals surface area contributed by atoms with Crippen LogP contribution < -0.4 is 0 Å². The quantitative estimate of drug-likeness (QED) is 0.257. The molecule has 3 heteroatoms. The minimum Gasteiger partial charge on any atom is -0.461 e. The predicted molar refractivity (Wildman–Crippen MR) is 146 cm³/mol. The first kappa shape index (κ1) is 21.1. The highest BCUT2D eigenvalue weighted by Gasteiger charge is 2.21. The first-order valence-corrected chi connectivity index (χ1v) is 12.5. The standard InChI is InChI=1S/C31H27NOS/c1-18-14-22-16-21(10-11-26(22)33-18)30-19(2)28-27(34-30)12-13-32-29(28)23-15-20-8-6-7-9-24(20)25(17-23)31(3,4)5/h6-17H,1-5H3. The van der Waals surface area contributed by atoms with Gasteiger partial charge in [0.1, 0.15) is 11.3 Å². The Labute approximate surface area is 203 Å². The first-order chi connectivity index (χ1) is 16.3. The third kappa shape index (κ3) is 3.35. The molecular weight excluding hydrogens is 434 g/mol. The highest BCUT2D eigenvalue weighted by molar-refractivity contribution is 7.22. The number of nitrogens with zero attached hydrogens (tertiary/aromatic N) is 1. The summed E-state index contributed by atoms with van der Waals surface area (Å²) in [6.45, 7) is 11.1. The van der Waals surface area contributed by atoms with Crippen LogP contribution in [0.25, 0.3) is 53.5 Å². The van der Waals surface area contributed by atoms with E-state index in [2.05, 4.69) is 94.4 Å². The Morgan fingerprint density at radius 1 is 0.824 bits per heavy atom. The number of hydrogen-bond acceptors (Lipinski definition) is 3. The maximum Gasteiger partial charge on any atom is 0.134 e. The molecule has 0 aliphatic carbocycles. The summed E-state index contributed by atoms with van der Waals surface area (Å²) in [5.41, 5.74) is 7.09. The van der Waals surface area contributed by atoms with Gasteiger partial charge in [-0.1, -0.05) is 45.0 Å². The second kappa shape index (κ2) is 7.54. The minimum absolute atomic E-state index is 0.0382. The Bertz CT molecular complexity index is 1710. The topological polar surface area (TPSA) is 26.0 Å². The average Bonchev–Trinajstić information content (AvgIpc) is 3.36. The summed E-state index contributed by atoms with van der Waals surface area (Å²) < 4.78 is 7.06. The summed E-state index contributed by atoms with van der Waals surface area (Å²) in [4.78, 5) is 6.21. The van der Waals surface area contributed by atoms with Crippen molar-refractivity contribution in [1.82, 2.24) is 4.98 Å². The number of aryl methyl sites for hydroxylation is 2. The van der Waals surface area contributed by atoms with E-state index in [4.69, 9.17) is 9.40 Å². The van der Waals surface area contributed by atoms with Gasteiger partial charge in [0.25, 0.3) is 0 Å². The summed E-state index contributed by atoms with van der Waals surface area (Å²) in [7, 11) is 0. The number of furan rings is 1. The molecule has 0 saturated carbocycles. The smallest absolute Gasteiger partial charge is 0.134 e. The lowest BCUT2D eigenvalue weighted by Crippen LogP contribution is -2.12. The molecule has 0 unspecified atom stereocenters. The third-order valence-corrected chi connectivity index (χ3v) is 7.99. The molecule has 0 saturated heterocycles. The van der Waals surface area contributed by atoms with Crippen LogP contribution in [0.2, 0.25) is 0 Å². The van der Waals surface area contributed by atoms with Crippen molar-refractivity contribution in [3.63, 3.8) is 0 Å². The molecule has 3 aromatic heterocycles. The van der Waals surface area contributed by atoms with Crippen LogP contribution in [0.3, 0.4) is 0 Å². The van der Waals surface area contributed by atoms with Crippen LogP contribution >= 0.6 is 11.3 Å². The van der Waals surface area contributed by atoms with E-state index >= 15 is 0 Å². The Hall–Kier alpha value is -3.43. The van der Waals surface area contributed by atoms with Crippen LogP contribution in [0.5, 0.6) is 0 Å². The molecule has 6 rings (SSSR count). The summed E-state index contributed by atoms with van der Waals surface area (Å²) >= 11 is 1.84. The van der Waals surface area contributed by atoms with Gasteiger partial charge in [-0.15, -0.1) is 11.3 Å². The summed E-state index contributed by atoms with van der Waals surface area (Å²) in [6.07, 6.45) is 1.95. The monoisotopic (exact) mass is 461 g/mol. The lowest BCUT2D eigenvalue weighted by Gasteiger charge is -2.23. The Morgan fingerprint density at radius 2 is 1.62 bits per heavy atom. The molecule has 3 heterocycles. The normalized spacial score (nSPS) is 12.3. The molecule has 168 valence electrons. The number of thiophene rings is 1. The van der Waals surface area contributed by atoms with Crippen LogP contribution in [0, 0.1) is 13.8 Å². The summed E-state index contributed by atoms with van der Waals surface area (Å²) in [5, 5.41) is 4.98. The largest absolute Gasteiger partial charge is 0.461 e. The fourth-order valence-corrected chi connectivity index (χ4v) is 6.27. The van der Waals surface area contributed by atoms with E-state index in [-0.39, 0.29) is 5.41 Å². The molecule has 34 heavy (non-hydrogen) atoms. The second-order valence-electron chi connectivity index (χ2n) is 10.2. The van der Waals surface area contributed by atoms with Crippen molar-refractivity contribution in [2.45, 2.75) is 40.0 Å². The van der Waals surface area contributed by atoms with Crippen molar-refractivity contribution in [3.8, 4) is 21.7 Å². The molecule has 2 nitrogen and oxygen atoms in total. The Morgan fingerprint density at radius 3 is 2.44 bits per heavy atom. The molecule has 0 amide bonds. The molecule has 0 fully saturated rings. The zero-order valence-corrected chi connectivity index (χ0v) is 21.0. The van der Waals surface area contributed by atoms with E-state index in [1.54, 1.807) is 0 Å². The van der Waals surface area contributed by atoms with Gasteiger partial charge in [-0.25, -0.2) is 0 Å². The van der Waals surface area contributed by atoms with Gasteiger partial charge < -0.3 is 4.42 Å². The van der Waals surface area contributed by atoms with Gasteiger partial charge >= 0.3 is 0 Å². The SMILES string of the molecule is Cc1cc2cc(-c3sc4ccnc(-c5cc(C(C)(C)C)c6ccccc6c5)c4c3C)ccc2o1. The van der Waals surface area contributed by atoms with E-state index < -0.39 is 0 Å². The first-order valence-electron chi connectivity index (χ1n) is 11.7. The number of benzene rings is 3. The maximum atomic E-state index is 5.79. The second-order valence-corrected chi connectivity index (χ2v) is 11.2. The van der Waals surface area contributed by atoms with Crippen molar-refractivity contribution in [1.29, 1.82) is 0 Å². The highest BCUT2D eigenvalue weighted by atomic mass is 32.1. The molecule has 3 aromatic carbocycles. The molecule has 0 radical (unpaired) electrons. The van der Waals surface area contributed by atoms with Gasteiger partial charge in [-0.05, 0) is 89.2 Å². The van der Waals surface area contributed by atoms with Gasteiger partial charge in [0.05, 0.1) is 5.69 Å². The zero-order chi connectivity index (χ0) is 23.6. The van der Waals surface area contributed by atoms with Crippen LogP contribution in [-0.2, 0) is 5.41 Å². The molecule has 0 aliphatic heterocycles. The minimum atomic E-state index is 0.0382. The van der Waals surface area contributed by atoms with E-state index in [0.29, 0.717) is 0 Å². The van der Waals surface area contributed by atoms with E-state index in [1.807, 2.05) is 24.5 Å². The fraction of sp³-hybridized carbons (Fsp3) is 0.194. The van der Waals surface area contributed by atoms with Crippen LogP contribution in [0.4, 0.5) is 0 Å². The van der Waals surface area contributed by atoms with Crippen molar-refractivity contribution in [2.75, 3.05) is 0 Å². The van der Waals surface area contributed by atoms with Crippen molar-refractivity contribution in [2.24, 2.45) is 0 Å². The van der Waals surface area contributed by atoms with Gasteiger partial charge in [-0.2, -0.15) is 0 Å². The number of rotatable bonds is 2. The van der Waals surface area contributed by atoms with Crippen molar-refractivity contribution >= 4 is 43.2 Å². The highest BCUT2D eigenvalue weighted by Crippen LogP contribution is 2.43. The maximum absolute atomic E-state index is 5.79. The summed E-state index contributed by atoms with van der Waals surface area (Å²) in [5.74, 6) is 0.942. The summed E-state index contributed by atoms with van der Waals surface area (Å²) in [6, 6.07) is 24.1. The van der Waals surface area contributed by atoms with Gasteiger partial charge in [0.15, 0.2) is 0 Å². The van der Waals surface area contributed by atoms with Gasteiger partial charge in [0, 0.05) is 32.1 Å². The van der Waals surface area contributed by atoms with Crippen LogP contribution in [0.15, 0.2) is 77.3 Å². The van der Waals surface area contributed by atoms with Crippen molar-refractivity contribution < 1.29 is 4.42 Å². The average molecular weight is 462 g/mol. The molecule has 0 spiro atoms. The lowest BCUT2D eigenvalue weighted by atomic mass is 9.82. The number of pyridine rings is 1. The molecule has 6 aromatic rings. The molecule has 0 aliphatic rings. The number of fused-ring (bicyclic) bond motifs is 3. The molecular formula is C31H27NOS. The third-order valence-electron chi connectivity index (χ3n) is 6.69. The van der Waals surface area contributed by atoms with Crippen molar-refractivity contribution in [3.05, 3.63) is 89.8 Å². The fourth-order valence-electron chi connectivity index (χ4n) is 5.07. The predicted octanol–water partition coefficient (Wildman–Crippen LogP) is 9.44. The number of hydrogen-bond donors (Lipinski definition) is 0. The van der Waals surface area contributed by atoms with E-state index in [9.17, 15) is 0 Å². The molecule has 0 bridgehead atoms. The molecule has 0 atom stereocenters. The zero-order valence-electron chi connectivity index (χ0n) is 20.2.